The molecule has 0 radical (unpaired) electrons. The van der Waals surface area contributed by atoms with Gasteiger partial charge in [-0.2, -0.15) is 0 Å². The molecule has 154 valence electrons. The number of aromatic amines is 1. The Morgan fingerprint density at radius 2 is 1.67 bits per heavy atom. The SMILES string of the molecule is CN1CCN(c2ccc(NC(=O)c3c(Nc4ccncc4)cc[nH]c3=O)cc2)CC1. The number of aromatic nitrogens is 2. The molecule has 3 aromatic rings. The number of likely N-dealkylation sites (N-methyl/N-ethyl adjacent to an activating group) is 1. The lowest BCUT2D eigenvalue weighted by molar-refractivity contribution is 0.102. The number of rotatable bonds is 5. The lowest BCUT2D eigenvalue weighted by atomic mass is 10.2. The summed E-state index contributed by atoms with van der Waals surface area (Å²) in [7, 11) is 2.12. The van der Waals surface area contributed by atoms with E-state index >= 15 is 0 Å². The number of nitrogens with one attached hydrogen (secondary N) is 3. The number of benzene rings is 1. The van der Waals surface area contributed by atoms with Crippen molar-refractivity contribution in [3.63, 3.8) is 0 Å². The highest BCUT2D eigenvalue weighted by Gasteiger charge is 2.17. The Hall–Kier alpha value is -3.65. The molecule has 1 aromatic carbocycles. The van der Waals surface area contributed by atoms with Crippen LogP contribution in [0.15, 0.2) is 65.8 Å². The van der Waals surface area contributed by atoms with E-state index in [1.807, 2.05) is 24.3 Å². The molecule has 1 saturated heterocycles. The molecule has 30 heavy (non-hydrogen) atoms. The number of anilines is 4. The molecule has 0 spiro atoms. The van der Waals surface area contributed by atoms with E-state index in [-0.39, 0.29) is 5.56 Å². The van der Waals surface area contributed by atoms with Gasteiger partial charge in [-0.05, 0) is 49.5 Å². The fourth-order valence-corrected chi connectivity index (χ4v) is 3.41. The summed E-state index contributed by atoms with van der Waals surface area (Å²) in [5, 5.41) is 5.93. The largest absolute Gasteiger partial charge is 0.369 e. The summed E-state index contributed by atoms with van der Waals surface area (Å²) >= 11 is 0. The summed E-state index contributed by atoms with van der Waals surface area (Å²) in [5.74, 6) is -0.472. The molecular weight excluding hydrogens is 380 g/mol. The van der Waals surface area contributed by atoms with Gasteiger partial charge in [0.1, 0.15) is 5.56 Å². The molecule has 0 saturated carbocycles. The Morgan fingerprint density at radius 1 is 0.967 bits per heavy atom. The fraction of sp³-hybridized carbons (Fsp3) is 0.227. The van der Waals surface area contributed by atoms with E-state index in [1.54, 1.807) is 30.6 Å². The van der Waals surface area contributed by atoms with Crippen LogP contribution in [0.1, 0.15) is 10.4 Å². The highest BCUT2D eigenvalue weighted by Crippen LogP contribution is 2.21. The van der Waals surface area contributed by atoms with E-state index < -0.39 is 11.5 Å². The number of hydrogen-bond acceptors (Lipinski definition) is 6. The predicted molar refractivity (Wildman–Crippen MR) is 119 cm³/mol. The number of hydrogen-bond donors (Lipinski definition) is 3. The van der Waals surface area contributed by atoms with Gasteiger partial charge in [-0.1, -0.05) is 0 Å². The maximum atomic E-state index is 12.9. The fourth-order valence-electron chi connectivity index (χ4n) is 3.41. The molecule has 3 N–H and O–H groups in total. The third-order valence-corrected chi connectivity index (χ3v) is 5.14. The van der Waals surface area contributed by atoms with Crippen molar-refractivity contribution >= 4 is 28.7 Å². The number of piperazine rings is 1. The van der Waals surface area contributed by atoms with Crippen LogP contribution in [0.25, 0.3) is 0 Å². The Morgan fingerprint density at radius 3 is 2.37 bits per heavy atom. The standard InChI is InChI=1S/C22H24N6O2/c1-27-12-14-28(15-13-27)18-4-2-16(3-5-18)26-22(30)20-19(8-11-24-21(20)29)25-17-6-9-23-10-7-17/h2-11H,12-15H2,1H3,(H,26,30)(H2,23,24,25,29). The number of nitrogens with zero attached hydrogens (tertiary/aromatic N) is 3. The minimum absolute atomic E-state index is 0.0254. The summed E-state index contributed by atoms with van der Waals surface area (Å²) in [4.78, 5) is 36.4. The average molecular weight is 404 g/mol. The lowest BCUT2D eigenvalue weighted by Gasteiger charge is -2.34. The van der Waals surface area contributed by atoms with Gasteiger partial charge in [-0.3, -0.25) is 14.6 Å². The number of amides is 1. The second-order valence-electron chi connectivity index (χ2n) is 7.25. The summed E-state index contributed by atoms with van der Waals surface area (Å²) in [5.41, 5.74) is 2.49. The molecule has 1 aliphatic rings. The smallest absolute Gasteiger partial charge is 0.263 e. The van der Waals surface area contributed by atoms with E-state index in [1.165, 1.54) is 6.20 Å². The van der Waals surface area contributed by atoms with Crippen LogP contribution >= 0.6 is 0 Å². The van der Waals surface area contributed by atoms with E-state index in [2.05, 4.69) is 37.4 Å². The molecule has 1 fully saturated rings. The Kier molecular flexibility index (Phi) is 5.76. The van der Waals surface area contributed by atoms with Crippen LogP contribution in [-0.2, 0) is 0 Å². The van der Waals surface area contributed by atoms with Gasteiger partial charge in [0.05, 0.1) is 5.69 Å². The normalized spacial score (nSPS) is 14.4. The maximum absolute atomic E-state index is 12.9. The number of carbonyl (C=O) groups excluding carboxylic acids is 1. The molecular formula is C22H24N6O2. The van der Waals surface area contributed by atoms with Crippen LogP contribution in [0.4, 0.5) is 22.7 Å². The second kappa shape index (κ2) is 8.79. The van der Waals surface area contributed by atoms with E-state index in [4.69, 9.17) is 0 Å². The summed E-state index contributed by atoms with van der Waals surface area (Å²) in [6.07, 6.45) is 4.78. The molecule has 0 unspecified atom stereocenters. The van der Waals surface area contributed by atoms with Crippen molar-refractivity contribution in [3.8, 4) is 0 Å². The van der Waals surface area contributed by atoms with Gasteiger partial charge in [-0.25, -0.2) is 0 Å². The number of pyridine rings is 2. The van der Waals surface area contributed by atoms with E-state index in [9.17, 15) is 9.59 Å². The summed E-state index contributed by atoms with van der Waals surface area (Å²) in [6.45, 7) is 4.02. The van der Waals surface area contributed by atoms with Crippen molar-refractivity contribution in [1.82, 2.24) is 14.9 Å². The quantitative estimate of drug-likeness (QED) is 0.605. The van der Waals surface area contributed by atoms with Gasteiger partial charge in [0.2, 0.25) is 0 Å². The molecule has 0 atom stereocenters. The van der Waals surface area contributed by atoms with Crippen molar-refractivity contribution in [2.75, 3.05) is 48.8 Å². The van der Waals surface area contributed by atoms with Crippen molar-refractivity contribution in [2.45, 2.75) is 0 Å². The van der Waals surface area contributed by atoms with Gasteiger partial charge in [0.25, 0.3) is 11.5 Å². The highest BCUT2D eigenvalue weighted by atomic mass is 16.2. The van der Waals surface area contributed by atoms with Crippen LogP contribution < -0.4 is 21.1 Å². The zero-order valence-electron chi connectivity index (χ0n) is 16.8. The molecule has 4 rings (SSSR count). The topological polar surface area (TPSA) is 93.4 Å². The minimum Gasteiger partial charge on any atom is -0.369 e. The van der Waals surface area contributed by atoms with Crippen LogP contribution in [0.3, 0.4) is 0 Å². The van der Waals surface area contributed by atoms with Gasteiger partial charge >= 0.3 is 0 Å². The molecule has 1 aliphatic heterocycles. The molecule has 2 aromatic heterocycles. The number of H-pyrrole nitrogens is 1. The minimum atomic E-state index is -0.472. The molecule has 1 amide bonds. The second-order valence-corrected chi connectivity index (χ2v) is 7.25. The molecule has 8 nitrogen and oxygen atoms in total. The van der Waals surface area contributed by atoms with Crippen LogP contribution in [0, 0.1) is 0 Å². The first-order valence-corrected chi connectivity index (χ1v) is 9.84. The molecule has 0 bridgehead atoms. The zero-order valence-corrected chi connectivity index (χ0v) is 16.8. The Bertz CT molecular complexity index is 1060. The van der Waals surface area contributed by atoms with E-state index in [0.29, 0.717) is 11.4 Å². The van der Waals surface area contributed by atoms with Crippen molar-refractivity contribution in [1.29, 1.82) is 0 Å². The Labute approximate surface area is 174 Å². The van der Waals surface area contributed by atoms with Crippen molar-refractivity contribution in [3.05, 3.63) is 77.0 Å². The third-order valence-electron chi connectivity index (χ3n) is 5.14. The van der Waals surface area contributed by atoms with Crippen LogP contribution in [0.2, 0.25) is 0 Å². The van der Waals surface area contributed by atoms with Gasteiger partial charge < -0.3 is 25.4 Å². The highest BCUT2D eigenvalue weighted by molar-refractivity contribution is 6.08. The third kappa shape index (κ3) is 4.49. The van der Waals surface area contributed by atoms with E-state index in [0.717, 1.165) is 37.6 Å². The van der Waals surface area contributed by atoms with Gasteiger partial charge in [0, 0.05) is 61.8 Å². The summed E-state index contributed by atoms with van der Waals surface area (Å²) < 4.78 is 0. The first-order chi connectivity index (χ1) is 14.6. The zero-order chi connectivity index (χ0) is 20.9. The monoisotopic (exact) mass is 404 g/mol. The van der Waals surface area contributed by atoms with Crippen molar-refractivity contribution < 1.29 is 4.79 Å². The lowest BCUT2D eigenvalue weighted by Crippen LogP contribution is -2.44. The average Bonchev–Trinajstić information content (AvgIpc) is 2.76. The van der Waals surface area contributed by atoms with Crippen LogP contribution in [-0.4, -0.2) is 54.0 Å². The predicted octanol–water partition coefficient (Wildman–Crippen LogP) is 2.52. The van der Waals surface area contributed by atoms with Crippen LogP contribution in [0.5, 0.6) is 0 Å². The first kappa shape index (κ1) is 19.7. The molecule has 3 heterocycles. The van der Waals surface area contributed by atoms with Gasteiger partial charge in [-0.15, -0.1) is 0 Å². The number of carbonyl (C=O) groups is 1. The maximum Gasteiger partial charge on any atom is 0.263 e. The van der Waals surface area contributed by atoms with Gasteiger partial charge in [0.15, 0.2) is 0 Å². The molecule has 8 heteroatoms. The summed E-state index contributed by atoms with van der Waals surface area (Å²) in [6, 6.07) is 12.9. The van der Waals surface area contributed by atoms with Crippen molar-refractivity contribution in [2.24, 2.45) is 0 Å². The Balaban J connectivity index is 1.49. The molecule has 0 aliphatic carbocycles. The first-order valence-electron chi connectivity index (χ1n) is 9.84.